The fraction of sp³-hybridized carbons (Fsp3) is 0.846. The van der Waals surface area contributed by atoms with E-state index in [0.717, 1.165) is 0 Å². The first-order valence-electron chi connectivity index (χ1n) is 7.58. The molecule has 0 saturated carbocycles. The number of nitrogens with one attached hydrogen (secondary N) is 2. The molecule has 2 amide bonds. The molecule has 0 saturated heterocycles. The smallest absolute Gasteiger partial charge is 0.351 e. The van der Waals surface area contributed by atoms with Crippen LogP contribution in [0.5, 0.6) is 0 Å². The molecular weight excluding hydrogens is 420 g/mol. The molecule has 166 valence electrons. The highest BCUT2D eigenvalue weighted by molar-refractivity contribution is 5.84. The van der Waals surface area contributed by atoms with Gasteiger partial charge in [0.25, 0.3) is 11.8 Å². The quantitative estimate of drug-likeness (QED) is 0.408. The van der Waals surface area contributed by atoms with E-state index >= 15 is 0 Å². The number of carbonyl (C=O) groups excluding carboxylic acids is 2. The predicted molar refractivity (Wildman–Crippen MR) is 74.8 cm³/mol. The molecule has 0 fully saturated rings. The van der Waals surface area contributed by atoms with Gasteiger partial charge in [-0.2, -0.15) is 43.9 Å². The van der Waals surface area contributed by atoms with E-state index < -0.39 is 49.1 Å². The van der Waals surface area contributed by atoms with Crippen molar-refractivity contribution in [3.8, 4) is 0 Å². The largest absolute Gasteiger partial charge is 0.463 e. The molecule has 0 radical (unpaired) electrons. The molecule has 0 spiro atoms. The summed E-state index contributed by atoms with van der Waals surface area (Å²) >= 11 is 0. The first kappa shape index (κ1) is 26.2. The molecule has 0 aromatic carbocycles. The number of alkyl halides is 10. The van der Waals surface area contributed by atoms with Crippen LogP contribution in [0.1, 0.15) is 12.8 Å². The van der Waals surface area contributed by atoms with Gasteiger partial charge in [-0.15, -0.1) is 0 Å². The van der Waals surface area contributed by atoms with Crippen molar-refractivity contribution in [2.24, 2.45) is 0 Å². The fourth-order valence-corrected chi connectivity index (χ4v) is 1.69. The normalized spacial score (nSPS) is 13.6. The zero-order chi connectivity index (χ0) is 22.4. The minimum absolute atomic E-state index is 0.0469. The molecule has 0 atom stereocenters. The summed E-state index contributed by atoms with van der Waals surface area (Å²) < 4.78 is 122. The minimum Gasteiger partial charge on any atom is -0.351 e. The van der Waals surface area contributed by atoms with Crippen LogP contribution in [0, 0.1) is 0 Å². The third-order valence-corrected chi connectivity index (χ3v) is 3.29. The van der Waals surface area contributed by atoms with Crippen molar-refractivity contribution >= 4 is 11.8 Å². The molecule has 28 heavy (non-hydrogen) atoms. The van der Waals surface area contributed by atoms with Crippen molar-refractivity contribution in [1.82, 2.24) is 15.5 Å². The highest BCUT2D eigenvalue weighted by Crippen LogP contribution is 2.36. The van der Waals surface area contributed by atoms with Gasteiger partial charge in [0.1, 0.15) is 0 Å². The zero-order valence-corrected chi connectivity index (χ0v) is 14.3. The van der Waals surface area contributed by atoms with Gasteiger partial charge in [0.05, 0.1) is 0 Å². The van der Waals surface area contributed by atoms with Crippen molar-refractivity contribution in [3.05, 3.63) is 0 Å². The number of amides is 2. The third-order valence-electron chi connectivity index (χ3n) is 3.29. The van der Waals surface area contributed by atoms with Crippen molar-refractivity contribution in [2.75, 3.05) is 33.2 Å². The molecule has 0 aromatic rings. The van der Waals surface area contributed by atoms with Gasteiger partial charge in [-0.1, -0.05) is 0 Å². The maximum absolute atomic E-state index is 12.6. The summed E-state index contributed by atoms with van der Waals surface area (Å²) in [6.07, 6.45) is -12.1. The Hall–Kier alpha value is -1.80. The van der Waals surface area contributed by atoms with Gasteiger partial charge in [0.2, 0.25) is 0 Å². The molecule has 0 aliphatic heterocycles. The van der Waals surface area contributed by atoms with E-state index in [4.69, 9.17) is 0 Å². The Morgan fingerprint density at radius 1 is 0.679 bits per heavy atom. The van der Waals surface area contributed by atoms with E-state index in [1.807, 2.05) is 0 Å². The van der Waals surface area contributed by atoms with E-state index in [1.165, 1.54) is 22.6 Å². The second-order valence-corrected chi connectivity index (χ2v) is 5.67. The topological polar surface area (TPSA) is 61.4 Å². The standard InChI is InChI=1S/C13H17F10N3O2/c1-26(6-2-4-24-8(27)10(14,15)12(18,19)20)7-3-5-25-9(28)11(16,17)13(21,22)23/h2-7H2,1H3,(H,24,27)(H,25,28). The first-order chi connectivity index (χ1) is 12.4. The minimum atomic E-state index is -6.03. The summed E-state index contributed by atoms with van der Waals surface area (Å²) in [5, 5.41) is 2.83. The van der Waals surface area contributed by atoms with Crippen molar-refractivity contribution in [2.45, 2.75) is 37.0 Å². The summed E-state index contributed by atoms with van der Waals surface area (Å²) in [7, 11) is 1.43. The molecule has 0 aromatic heterocycles. The van der Waals surface area contributed by atoms with Gasteiger partial charge in [0, 0.05) is 13.1 Å². The van der Waals surface area contributed by atoms with Crippen LogP contribution in [0.4, 0.5) is 43.9 Å². The lowest BCUT2D eigenvalue weighted by Crippen LogP contribution is -2.51. The van der Waals surface area contributed by atoms with Gasteiger partial charge in [-0.3, -0.25) is 9.59 Å². The molecule has 5 nitrogen and oxygen atoms in total. The fourth-order valence-electron chi connectivity index (χ4n) is 1.69. The second kappa shape index (κ2) is 9.60. The van der Waals surface area contributed by atoms with Crippen LogP contribution in [-0.2, 0) is 9.59 Å². The first-order valence-corrected chi connectivity index (χ1v) is 7.58. The number of carbonyl (C=O) groups is 2. The molecular formula is C13H17F10N3O2. The average molecular weight is 437 g/mol. The lowest BCUT2D eigenvalue weighted by Gasteiger charge is -2.20. The highest BCUT2D eigenvalue weighted by atomic mass is 19.4. The van der Waals surface area contributed by atoms with E-state index in [2.05, 4.69) is 0 Å². The maximum atomic E-state index is 12.6. The Morgan fingerprint density at radius 3 is 1.21 bits per heavy atom. The van der Waals surface area contributed by atoms with Crippen molar-refractivity contribution in [3.63, 3.8) is 0 Å². The summed E-state index contributed by atoms with van der Waals surface area (Å²) in [5.41, 5.74) is 0. The van der Waals surface area contributed by atoms with Crippen LogP contribution in [0.3, 0.4) is 0 Å². The van der Waals surface area contributed by atoms with Crippen LogP contribution in [-0.4, -0.2) is 74.1 Å². The van der Waals surface area contributed by atoms with Crippen LogP contribution < -0.4 is 10.6 Å². The van der Waals surface area contributed by atoms with Crippen LogP contribution >= 0.6 is 0 Å². The second-order valence-electron chi connectivity index (χ2n) is 5.67. The van der Waals surface area contributed by atoms with E-state index in [1.54, 1.807) is 0 Å². The third kappa shape index (κ3) is 7.31. The van der Waals surface area contributed by atoms with E-state index in [9.17, 15) is 53.5 Å². The molecule has 0 unspecified atom stereocenters. The number of nitrogens with zero attached hydrogens (tertiary/aromatic N) is 1. The summed E-state index contributed by atoms with van der Waals surface area (Å²) in [4.78, 5) is 23.0. The Morgan fingerprint density at radius 2 is 0.964 bits per heavy atom. The molecule has 0 aliphatic rings. The van der Waals surface area contributed by atoms with E-state index in [-0.39, 0.29) is 25.9 Å². The monoisotopic (exact) mass is 437 g/mol. The molecule has 0 heterocycles. The van der Waals surface area contributed by atoms with E-state index in [0.29, 0.717) is 0 Å². The number of rotatable bonds is 10. The summed E-state index contributed by atoms with van der Waals surface area (Å²) in [6.45, 7) is -0.873. The maximum Gasteiger partial charge on any atom is 0.463 e. The average Bonchev–Trinajstić information content (AvgIpc) is 2.52. The van der Waals surface area contributed by atoms with Gasteiger partial charge in [0.15, 0.2) is 0 Å². The van der Waals surface area contributed by atoms with Crippen molar-refractivity contribution < 1.29 is 53.5 Å². The molecule has 15 heteroatoms. The Labute approximate surface area is 152 Å². The summed E-state index contributed by atoms with van der Waals surface area (Å²) in [6, 6.07) is 0. The summed E-state index contributed by atoms with van der Waals surface area (Å²) in [5.74, 6) is -16.1. The Kier molecular flexibility index (Phi) is 8.99. The number of hydrogen-bond acceptors (Lipinski definition) is 3. The number of halogens is 10. The van der Waals surface area contributed by atoms with Gasteiger partial charge < -0.3 is 15.5 Å². The van der Waals surface area contributed by atoms with Crippen LogP contribution in [0.15, 0.2) is 0 Å². The van der Waals surface area contributed by atoms with Gasteiger partial charge >= 0.3 is 24.2 Å². The van der Waals surface area contributed by atoms with Gasteiger partial charge in [-0.25, -0.2) is 0 Å². The molecule has 0 rings (SSSR count). The molecule has 2 N–H and O–H groups in total. The van der Waals surface area contributed by atoms with Crippen molar-refractivity contribution in [1.29, 1.82) is 0 Å². The SMILES string of the molecule is CN(CCCNC(=O)C(F)(F)C(F)(F)F)CCCNC(=O)C(F)(F)C(F)(F)F. The molecule has 0 aliphatic carbocycles. The Balaban J connectivity index is 4.06. The van der Waals surface area contributed by atoms with Crippen LogP contribution in [0.2, 0.25) is 0 Å². The van der Waals surface area contributed by atoms with Gasteiger partial charge in [-0.05, 0) is 33.0 Å². The lowest BCUT2D eigenvalue weighted by molar-refractivity contribution is -0.270. The zero-order valence-electron chi connectivity index (χ0n) is 14.3. The highest BCUT2D eigenvalue weighted by Gasteiger charge is 2.64. The van der Waals surface area contributed by atoms with Crippen LogP contribution in [0.25, 0.3) is 0 Å². The predicted octanol–water partition coefficient (Wildman–Crippen LogP) is 2.33. The molecule has 0 bridgehead atoms. The number of hydrogen-bond donors (Lipinski definition) is 2. The Bertz CT molecular complexity index is 488. The lowest BCUT2D eigenvalue weighted by atomic mass is 10.3.